The minimum Gasteiger partial charge on any atom is -0.457 e. The van der Waals surface area contributed by atoms with Crippen molar-refractivity contribution in [2.45, 2.75) is 0 Å². The standard InChI is InChI=1S/C25H24N6O2/c26-25-29-22(18-5-2-1-3-6-18)17-23(30-25)28-19-7-4-8-20(15-19)33-21-9-10-27-24(16-21)31-11-13-32-14-12-31/h1-10,15-17H,11-14H2,(H3,26,28,29,30). The maximum Gasteiger partial charge on any atom is 0.222 e. The average molecular weight is 441 g/mol. The Morgan fingerprint density at radius 3 is 2.55 bits per heavy atom. The van der Waals surface area contributed by atoms with Crippen LogP contribution in [0.2, 0.25) is 0 Å². The molecule has 3 N–H and O–H groups in total. The van der Waals surface area contributed by atoms with E-state index < -0.39 is 0 Å². The van der Waals surface area contributed by atoms with Gasteiger partial charge in [-0.15, -0.1) is 0 Å². The van der Waals surface area contributed by atoms with Gasteiger partial charge in [0.05, 0.1) is 18.9 Å². The molecule has 1 fully saturated rings. The quantitative estimate of drug-likeness (QED) is 0.452. The maximum absolute atomic E-state index is 6.11. The minimum atomic E-state index is 0.207. The summed E-state index contributed by atoms with van der Waals surface area (Å²) in [6, 6.07) is 23.2. The molecule has 0 unspecified atom stereocenters. The van der Waals surface area contributed by atoms with Crippen molar-refractivity contribution in [2.75, 3.05) is 42.3 Å². The van der Waals surface area contributed by atoms with Crippen molar-refractivity contribution in [1.29, 1.82) is 0 Å². The molecule has 3 heterocycles. The second-order valence-electron chi connectivity index (χ2n) is 7.57. The fourth-order valence-electron chi connectivity index (χ4n) is 3.64. The van der Waals surface area contributed by atoms with Gasteiger partial charge in [-0.05, 0) is 18.2 Å². The first-order valence-corrected chi connectivity index (χ1v) is 10.8. The molecule has 0 atom stereocenters. The highest BCUT2D eigenvalue weighted by Crippen LogP contribution is 2.28. The van der Waals surface area contributed by atoms with Crippen LogP contribution in [0.25, 0.3) is 11.3 Å². The number of benzene rings is 2. The molecule has 0 spiro atoms. The Morgan fingerprint density at radius 1 is 0.879 bits per heavy atom. The average Bonchev–Trinajstić information content (AvgIpc) is 2.85. The van der Waals surface area contributed by atoms with Crippen molar-refractivity contribution < 1.29 is 9.47 Å². The number of nitrogens with one attached hydrogen (secondary N) is 1. The van der Waals surface area contributed by atoms with E-state index in [1.807, 2.05) is 72.8 Å². The fraction of sp³-hybridized carbons (Fsp3) is 0.160. The summed E-state index contributed by atoms with van der Waals surface area (Å²) in [5, 5.41) is 3.30. The molecule has 0 aliphatic carbocycles. The smallest absolute Gasteiger partial charge is 0.222 e. The molecular formula is C25H24N6O2. The van der Waals surface area contributed by atoms with Gasteiger partial charge >= 0.3 is 0 Å². The van der Waals surface area contributed by atoms with Crippen molar-refractivity contribution in [3.05, 3.63) is 79.0 Å². The number of pyridine rings is 1. The van der Waals surface area contributed by atoms with E-state index in [2.05, 4.69) is 25.2 Å². The van der Waals surface area contributed by atoms with Gasteiger partial charge in [0.15, 0.2) is 0 Å². The Hall–Kier alpha value is -4.17. The zero-order valence-corrected chi connectivity index (χ0v) is 18.0. The molecule has 0 amide bonds. The summed E-state index contributed by atoms with van der Waals surface area (Å²) in [4.78, 5) is 15.3. The number of morpholine rings is 1. The molecule has 0 bridgehead atoms. The zero-order chi connectivity index (χ0) is 22.5. The number of ether oxygens (including phenoxy) is 2. The summed E-state index contributed by atoms with van der Waals surface area (Å²) in [6.07, 6.45) is 1.76. The first-order chi connectivity index (χ1) is 16.2. The van der Waals surface area contributed by atoms with E-state index in [9.17, 15) is 0 Å². The van der Waals surface area contributed by atoms with Gasteiger partial charge in [0.25, 0.3) is 0 Å². The number of nitrogens with two attached hydrogens (primary N) is 1. The van der Waals surface area contributed by atoms with Crippen LogP contribution in [0.4, 0.5) is 23.3 Å². The summed E-state index contributed by atoms with van der Waals surface area (Å²) in [5.74, 6) is 3.12. The van der Waals surface area contributed by atoms with Crippen LogP contribution in [-0.4, -0.2) is 41.3 Å². The molecule has 33 heavy (non-hydrogen) atoms. The third-order valence-electron chi connectivity index (χ3n) is 5.21. The van der Waals surface area contributed by atoms with Crippen LogP contribution in [0, 0.1) is 0 Å². The van der Waals surface area contributed by atoms with Crippen molar-refractivity contribution >= 4 is 23.3 Å². The maximum atomic E-state index is 6.11. The van der Waals surface area contributed by atoms with Gasteiger partial charge in [0, 0.05) is 48.7 Å². The number of aromatic nitrogens is 3. The number of nitrogen functional groups attached to an aromatic ring is 1. The summed E-state index contributed by atoms with van der Waals surface area (Å²) in [7, 11) is 0. The monoisotopic (exact) mass is 440 g/mol. The summed E-state index contributed by atoms with van der Waals surface area (Å²) in [5.41, 5.74) is 8.51. The first kappa shape index (κ1) is 20.7. The number of nitrogens with zero attached hydrogens (tertiary/aromatic N) is 4. The third-order valence-corrected chi connectivity index (χ3v) is 5.21. The predicted molar refractivity (Wildman–Crippen MR) is 129 cm³/mol. The van der Waals surface area contributed by atoms with Gasteiger partial charge in [-0.3, -0.25) is 0 Å². The summed E-state index contributed by atoms with van der Waals surface area (Å²) >= 11 is 0. The van der Waals surface area contributed by atoms with Crippen molar-refractivity contribution in [2.24, 2.45) is 0 Å². The van der Waals surface area contributed by atoms with Crippen molar-refractivity contribution in [3.8, 4) is 22.8 Å². The molecule has 8 heteroatoms. The van der Waals surface area contributed by atoms with Crippen LogP contribution in [0.3, 0.4) is 0 Å². The number of rotatable bonds is 6. The number of anilines is 4. The Labute approximate surface area is 192 Å². The predicted octanol–water partition coefficient (Wildman–Crippen LogP) is 4.49. The lowest BCUT2D eigenvalue weighted by molar-refractivity contribution is 0.122. The molecule has 2 aromatic carbocycles. The lowest BCUT2D eigenvalue weighted by atomic mass is 10.1. The van der Waals surface area contributed by atoms with Crippen molar-refractivity contribution in [1.82, 2.24) is 15.0 Å². The molecule has 166 valence electrons. The highest BCUT2D eigenvalue weighted by molar-refractivity contribution is 5.67. The summed E-state index contributed by atoms with van der Waals surface area (Å²) in [6.45, 7) is 3.06. The number of hydrogen-bond acceptors (Lipinski definition) is 8. The lowest BCUT2D eigenvalue weighted by Crippen LogP contribution is -2.36. The highest BCUT2D eigenvalue weighted by atomic mass is 16.5. The molecular weight excluding hydrogens is 416 g/mol. The molecule has 2 aromatic heterocycles. The Bertz CT molecular complexity index is 1230. The van der Waals surface area contributed by atoms with Gasteiger partial charge in [0.1, 0.15) is 23.1 Å². The highest BCUT2D eigenvalue weighted by Gasteiger charge is 2.13. The molecule has 5 rings (SSSR count). The first-order valence-electron chi connectivity index (χ1n) is 10.8. The van der Waals surface area contributed by atoms with E-state index >= 15 is 0 Å². The largest absolute Gasteiger partial charge is 0.457 e. The summed E-state index contributed by atoms with van der Waals surface area (Å²) < 4.78 is 11.5. The Morgan fingerprint density at radius 2 is 1.70 bits per heavy atom. The lowest BCUT2D eigenvalue weighted by Gasteiger charge is -2.27. The topological polar surface area (TPSA) is 98.4 Å². The van der Waals surface area contributed by atoms with Gasteiger partial charge in [-0.1, -0.05) is 36.4 Å². The van der Waals surface area contributed by atoms with E-state index in [0.717, 1.165) is 41.6 Å². The second-order valence-corrected chi connectivity index (χ2v) is 7.57. The Kier molecular flexibility index (Phi) is 5.99. The van der Waals surface area contributed by atoms with Crippen LogP contribution >= 0.6 is 0 Å². The molecule has 0 saturated carbocycles. The molecule has 0 radical (unpaired) electrons. The van der Waals surface area contributed by atoms with E-state index in [1.54, 1.807) is 6.20 Å². The van der Waals surface area contributed by atoms with Crippen LogP contribution < -0.4 is 20.7 Å². The molecule has 1 saturated heterocycles. The van der Waals surface area contributed by atoms with Crippen LogP contribution in [0.1, 0.15) is 0 Å². The molecule has 1 aliphatic rings. The van der Waals surface area contributed by atoms with Gasteiger partial charge < -0.3 is 25.4 Å². The normalized spacial score (nSPS) is 13.5. The van der Waals surface area contributed by atoms with E-state index in [4.69, 9.17) is 15.2 Å². The van der Waals surface area contributed by atoms with Crippen molar-refractivity contribution in [3.63, 3.8) is 0 Å². The zero-order valence-electron chi connectivity index (χ0n) is 18.0. The minimum absolute atomic E-state index is 0.207. The van der Waals surface area contributed by atoms with Crippen LogP contribution in [-0.2, 0) is 4.74 Å². The molecule has 4 aromatic rings. The van der Waals surface area contributed by atoms with Crippen LogP contribution in [0.15, 0.2) is 79.0 Å². The molecule has 8 nitrogen and oxygen atoms in total. The van der Waals surface area contributed by atoms with Gasteiger partial charge in [-0.25, -0.2) is 9.97 Å². The van der Waals surface area contributed by atoms with Gasteiger partial charge in [0.2, 0.25) is 5.95 Å². The van der Waals surface area contributed by atoms with E-state index in [0.29, 0.717) is 24.8 Å². The van der Waals surface area contributed by atoms with E-state index in [-0.39, 0.29) is 5.95 Å². The SMILES string of the molecule is Nc1nc(Nc2cccc(Oc3ccnc(N4CCOCC4)c3)c2)cc(-c2ccccc2)n1. The number of hydrogen-bond donors (Lipinski definition) is 2. The van der Waals surface area contributed by atoms with Crippen LogP contribution in [0.5, 0.6) is 11.5 Å². The third kappa shape index (κ3) is 5.19. The fourth-order valence-corrected chi connectivity index (χ4v) is 3.64. The second kappa shape index (κ2) is 9.54. The van der Waals surface area contributed by atoms with E-state index in [1.165, 1.54) is 0 Å². The van der Waals surface area contributed by atoms with Gasteiger partial charge in [-0.2, -0.15) is 4.98 Å². The molecule has 1 aliphatic heterocycles. The Balaban J connectivity index is 1.33.